The van der Waals surface area contributed by atoms with Gasteiger partial charge in [0, 0.05) is 0 Å². The second-order valence-corrected chi connectivity index (χ2v) is 4.67. The quantitative estimate of drug-likeness (QED) is 0.858. The van der Waals surface area contributed by atoms with Crippen LogP contribution < -0.4 is 15.2 Å². The zero-order valence-corrected chi connectivity index (χ0v) is 10.4. The minimum absolute atomic E-state index is 0.190. The topological polar surface area (TPSA) is 70.3 Å². The Balaban J connectivity index is 2.03. The van der Waals surface area contributed by atoms with E-state index in [1.54, 1.807) is 7.11 Å². The van der Waals surface area contributed by atoms with Gasteiger partial charge in [-0.2, -0.15) is 0 Å². The van der Waals surface area contributed by atoms with Crippen molar-refractivity contribution in [1.29, 1.82) is 0 Å². The first-order valence-electron chi connectivity index (χ1n) is 5.92. The van der Waals surface area contributed by atoms with Gasteiger partial charge in [0.1, 0.15) is 12.9 Å². The molecule has 1 fully saturated rings. The van der Waals surface area contributed by atoms with Crippen molar-refractivity contribution in [3.63, 3.8) is 0 Å². The summed E-state index contributed by atoms with van der Waals surface area (Å²) in [5.41, 5.74) is 6.85. The Kier molecular flexibility index (Phi) is 3.47. The van der Waals surface area contributed by atoms with Gasteiger partial charge in [0.05, 0.1) is 18.2 Å². The van der Waals surface area contributed by atoms with Crippen molar-refractivity contribution in [1.82, 2.24) is 9.97 Å². The van der Waals surface area contributed by atoms with Crippen LogP contribution in [0.25, 0.3) is 0 Å². The van der Waals surface area contributed by atoms with Crippen LogP contribution in [0.4, 0.5) is 0 Å². The molecule has 0 aliphatic heterocycles. The highest BCUT2D eigenvalue weighted by Gasteiger charge is 2.30. The van der Waals surface area contributed by atoms with Gasteiger partial charge in [-0.25, -0.2) is 9.97 Å². The third kappa shape index (κ3) is 2.66. The summed E-state index contributed by atoms with van der Waals surface area (Å²) >= 11 is 0. The van der Waals surface area contributed by atoms with E-state index in [4.69, 9.17) is 15.2 Å². The first-order valence-corrected chi connectivity index (χ1v) is 5.92. The summed E-state index contributed by atoms with van der Waals surface area (Å²) in [6.07, 6.45) is 5.86. The summed E-state index contributed by atoms with van der Waals surface area (Å²) in [6.45, 7) is 2.39. The predicted octanol–water partition coefficient (Wildman–Crippen LogP) is 1.44. The van der Waals surface area contributed by atoms with E-state index in [1.165, 1.54) is 19.2 Å². The van der Waals surface area contributed by atoms with Gasteiger partial charge in [-0.1, -0.05) is 12.8 Å². The Morgan fingerprint density at radius 3 is 2.59 bits per heavy atom. The highest BCUT2D eigenvalue weighted by atomic mass is 16.5. The molecule has 1 heterocycles. The lowest BCUT2D eigenvalue weighted by Gasteiger charge is -2.23. The van der Waals surface area contributed by atoms with Gasteiger partial charge in [-0.15, -0.1) is 0 Å². The molecule has 1 saturated carbocycles. The Hall–Kier alpha value is -1.36. The number of rotatable bonds is 4. The van der Waals surface area contributed by atoms with E-state index in [-0.39, 0.29) is 5.54 Å². The lowest BCUT2D eigenvalue weighted by atomic mass is 10.0. The summed E-state index contributed by atoms with van der Waals surface area (Å²) in [7, 11) is 1.58. The fourth-order valence-electron chi connectivity index (χ4n) is 2.21. The van der Waals surface area contributed by atoms with Crippen LogP contribution in [0, 0.1) is 6.92 Å². The molecule has 0 atom stereocenters. The summed E-state index contributed by atoms with van der Waals surface area (Å²) in [5, 5.41) is 0. The van der Waals surface area contributed by atoms with Gasteiger partial charge in [0.15, 0.2) is 0 Å². The van der Waals surface area contributed by atoms with Crippen LogP contribution in [0.3, 0.4) is 0 Å². The lowest BCUT2D eigenvalue weighted by molar-refractivity contribution is 0.210. The minimum atomic E-state index is -0.190. The van der Waals surface area contributed by atoms with Gasteiger partial charge in [0.2, 0.25) is 11.8 Å². The van der Waals surface area contributed by atoms with Crippen molar-refractivity contribution in [2.75, 3.05) is 13.7 Å². The molecule has 2 rings (SSSR count). The Bertz CT molecular complexity index is 389. The molecule has 2 N–H and O–H groups in total. The van der Waals surface area contributed by atoms with Crippen LogP contribution in [0.2, 0.25) is 0 Å². The largest absolute Gasteiger partial charge is 0.481 e. The van der Waals surface area contributed by atoms with E-state index in [0.29, 0.717) is 18.4 Å². The highest BCUT2D eigenvalue weighted by molar-refractivity contribution is 5.32. The van der Waals surface area contributed by atoms with Gasteiger partial charge >= 0.3 is 0 Å². The third-order valence-electron chi connectivity index (χ3n) is 3.28. The Labute approximate surface area is 101 Å². The fraction of sp³-hybridized carbons (Fsp3) is 0.667. The molecular formula is C12H19N3O2. The normalized spacial score (nSPS) is 18.1. The standard InChI is InChI=1S/C12H19N3O2/c1-9-10(16-2)14-8-15-11(9)17-7-12(13)5-3-4-6-12/h8H,3-7,13H2,1-2H3. The number of methoxy groups -OCH3 is 1. The monoisotopic (exact) mass is 237 g/mol. The molecule has 94 valence electrons. The van der Waals surface area contributed by atoms with E-state index in [0.717, 1.165) is 18.4 Å². The first-order chi connectivity index (χ1) is 8.14. The molecule has 0 bridgehead atoms. The molecule has 17 heavy (non-hydrogen) atoms. The van der Waals surface area contributed by atoms with Crippen molar-refractivity contribution in [3.8, 4) is 11.8 Å². The number of hydrogen-bond donors (Lipinski definition) is 1. The number of nitrogens with zero attached hydrogens (tertiary/aromatic N) is 2. The number of aromatic nitrogens is 2. The number of hydrogen-bond acceptors (Lipinski definition) is 5. The van der Waals surface area contributed by atoms with Gasteiger partial charge in [0.25, 0.3) is 0 Å². The van der Waals surface area contributed by atoms with Crippen LogP contribution in [0.1, 0.15) is 31.2 Å². The zero-order valence-electron chi connectivity index (χ0n) is 10.4. The molecule has 0 spiro atoms. The summed E-state index contributed by atoms with van der Waals surface area (Å²) in [5.74, 6) is 1.11. The van der Waals surface area contributed by atoms with Crippen molar-refractivity contribution in [3.05, 3.63) is 11.9 Å². The summed E-state index contributed by atoms with van der Waals surface area (Å²) < 4.78 is 10.8. The fourth-order valence-corrected chi connectivity index (χ4v) is 2.21. The lowest BCUT2D eigenvalue weighted by Crippen LogP contribution is -2.42. The molecule has 1 aromatic heterocycles. The average molecular weight is 237 g/mol. The molecule has 0 amide bonds. The number of ether oxygens (including phenoxy) is 2. The molecule has 5 heteroatoms. The maximum Gasteiger partial charge on any atom is 0.223 e. The minimum Gasteiger partial charge on any atom is -0.481 e. The predicted molar refractivity (Wildman–Crippen MR) is 64.2 cm³/mol. The van der Waals surface area contributed by atoms with Gasteiger partial charge in [-0.05, 0) is 19.8 Å². The van der Waals surface area contributed by atoms with Crippen molar-refractivity contribution in [2.24, 2.45) is 5.73 Å². The van der Waals surface area contributed by atoms with Crippen molar-refractivity contribution < 1.29 is 9.47 Å². The average Bonchev–Trinajstić information content (AvgIpc) is 2.75. The molecular weight excluding hydrogens is 218 g/mol. The van der Waals surface area contributed by atoms with E-state index in [9.17, 15) is 0 Å². The third-order valence-corrected chi connectivity index (χ3v) is 3.28. The summed E-state index contributed by atoms with van der Waals surface area (Å²) in [4.78, 5) is 8.12. The smallest absolute Gasteiger partial charge is 0.223 e. The van der Waals surface area contributed by atoms with Gasteiger partial charge < -0.3 is 15.2 Å². The van der Waals surface area contributed by atoms with Crippen molar-refractivity contribution >= 4 is 0 Å². The maximum absolute atomic E-state index is 6.23. The van der Waals surface area contributed by atoms with Crippen LogP contribution in [0.15, 0.2) is 6.33 Å². The van der Waals surface area contributed by atoms with Gasteiger partial charge in [-0.3, -0.25) is 0 Å². The molecule has 0 unspecified atom stereocenters. The molecule has 1 aliphatic rings. The number of nitrogens with two attached hydrogens (primary N) is 1. The molecule has 0 radical (unpaired) electrons. The zero-order chi connectivity index (χ0) is 12.3. The maximum atomic E-state index is 6.23. The molecule has 0 saturated heterocycles. The Morgan fingerprint density at radius 1 is 1.29 bits per heavy atom. The van der Waals surface area contributed by atoms with Crippen LogP contribution in [0.5, 0.6) is 11.8 Å². The second-order valence-electron chi connectivity index (χ2n) is 4.67. The molecule has 1 aromatic rings. The molecule has 0 aromatic carbocycles. The summed E-state index contributed by atoms with van der Waals surface area (Å²) in [6, 6.07) is 0. The van der Waals surface area contributed by atoms with Crippen LogP contribution in [-0.2, 0) is 0 Å². The second kappa shape index (κ2) is 4.87. The Morgan fingerprint density at radius 2 is 1.94 bits per heavy atom. The highest BCUT2D eigenvalue weighted by Crippen LogP contribution is 2.29. The first kappa shape index (κ1) is 12.1. The van der Waals surface area contributed by atoms with Crippen LogP contribution in [-0.4, -0.2) is 29.2 Å². The SMILES string of the molecule is COc1ncnc(OCC2(N)CCCC2)c1C. The van der Waals surface area contributed by atoms with E-state index < -0.39 is 0 Å². The van der Waals surface area contributed by atoms with Crippen molar-refractivity contribution in [2.45, 2.75) is 38.1 Å². The molecule has 1 aliphatic carbocycles. The van der Waals surface area contributed by atoms with E-state index >= 15 is 0 Å². The van der Waals surface area contributed by atoms with E-state index in [2.05, 4.69) is 9.97 Å². The van der Waals surface area contributed by atoms with E-state index in [1.807, 2.05) is 6.92 Å². The molecule has 5 nitrogen and oxygen atoms in total. The van der Waals surface area contributed by atoms with Crippen LogP contribution >= 0.6 is 0 Å².